The Kier molecular flexibility index (Phi) is 6.84. The Labute approximate surface area is 160 Å². The van der Waals surface area contributed by atoms with Crippen LogP contribution in [0.25, 0.3) is 0 Å². The van der Waals surface area contributed by atoms with Gasteiger partial charge in [0.25, 0.3) is 0 Å². The Morgan fingerprint density at radius 3 is 2.74 bits per heavy atom. The van der Waals surface area contributed by atoms with Gasteiger partial charge in [0.2, 0.25) is 0 Å². The van der Waals surface area contributed by atoms with Gasteiger partial charge in [0.1, 0.15) is 11.5 Å². The molecule has 1 atom stereocenters. The number of morpholine rings is 1. The summed E-state index contributed by atoms with van der Waals surface area (Å²) in [5, 5.41) is 3.08. The molecule has 2 aromatic rings. The second-order valence-electron chi connectivity index (χ2n) is 6.63. The van der Waals surface area contributed by atoms with Crippen LogP contribution < -0.4 is 5.32 Å². The van der Waals surface area contributed by atoms with Crippen LogP contribution in [0.1, 0.15) is 30.2 Å². The van der Waals surface area contributed by atoms with Crippen LogP contribution in [0.2, 0.25) is 0 Å². The van der Waals surface area contributed by atoms with E-state index in [1.165, 1.54) is 0 Å². The number of urea groups is 1. The molecule has 7 nitrogen and oxygen atoms in total. The fourth-order valence-corrected chi connectivity index (χ4v) is 3.26. The molecule has 2 aromatic heterocycles. The van der Waals surface area contributed by atoms with Gasteiger partial charge in [0.15, 0.2) is 0 Å². The number of amides is 2. The summed E-state index contributed by atoms with van der Waals surface area (Å²) in [6.07, 6.45) is 1.79. The van der Waals surface area contributed by atoms with Crippen molar-refractivity contribution < 1.29 is 13.9 Å². The third kappa shape index (κ3) is 5.30. The Bertz CT molecular complexity index is 713. The van der Waals surface area contributed by atoms with Crippen molar-refractivity contribution in [2.45, 2.75) is 26.4 Å². The summed E-state index contributed by atoms with van der Waals surface area (Å²) < 4.78 is 11.1. The molecule has 1 fully saturated rings. The van der Waals surface area contributed by atoms with Crippen LogP contribution in [-0.2, 0) is 11.3 Å². The minimum Gasteiger partial charge on any atom is -0.464 e. The van der Waals surface area contributed by atoms with E-state index in [9.17, 15) is 4.79 Å². The maximum Gasteiger partial charge on any atom is 0.317 e. The molecule has 0 bridgehead atoms. The highest BCUT2D eigenvalue weighted by Crippen LogP contribution is 2.19. The van der Waals surface area contributed by atoms with Crippen molar-refractivity contribution in [2.24, 2.45) is 0 Å². The number of ether oxygens (including phenoxy) is 1. The maximum absolute atomic E-state index is 12.7. The van der Waals surface area contributed by atoms with Crippen LogP contribution in [-0.4, -0.2) is 60.2 Å². The number of aryl methyl sites for hydroxylation is 1. The molecular weight excluding hydrogens is 344 g/mol. The highest BCUT2D eigenvalue weighted by atomic mass is 16.5. The summed E-state index contributed by atoms with van der Waals surface area (Å²) in [4.78, 5) is 21.3. The molecule has 27 heavy (non-hydrogen) atoms. The highest BCUT2D eigenvalue weighted by molar-refractivity contribution is 5.74. The van der Waals surface area contributed by atoms with Gasteiger partial charge < -0.3 is 19.4 Å². The molecule has 1 unspecified atom stereocenters. The Morgan fingerprint density at radius 2 is 2.11 bits per heavy atom. The molecule has 0 aliphatic carbocycles. The second kappa shape index (κ2) is 9.53. The molecule has 0 spiro atoms. The molecule has 1 aliphatic rings. The van der Waals surface area contributed by atoms with Crippen LogP contribution in [0.4, 0.5) is 4.79 Å². The Balaban J connectivity index is 1.63. The molecule has 3 rings (SSSR count). The van der Waals surface area contributed by atoms with E-state index in [4.69, 9.17) is 9.15 Å². The summed E-state index contributed by atoms with van der Waals surface area (Å²) in [5.41, 5.74) is 0.962. The zero-order valence-corrected chi connectivity index (χ0v) is 16.1. The van der Waals surface area contributed by atoms with Crippen LogP contribution in [0, 0.1) is 6.92 Å². The van der Waals surface area contributed by atoms with Crippen molar-refractivity contribution in [1.82, 2.24) is 20.1 Å². The first-order valence-electron chi connectivity index (χ1n) is 9.48. The lowest BCUT2D eigenvalue weighted by molar-refractivity contribution is 0.0156. The molecule has 0 radical (unpaired) electrons. The van der Waals surface area contributed by atoms with Crippen molar-refractivity contribution in [3.8, 4) is 0 Å². The number of nitrogens with zero attached hydrogens (tertiary/aromatic N) is 3. The average Bonchev–Trinajstić information content (AvgIpc) is 3.12. The molecule has 0 aromatic carbocycles. The molecule has 2 amide bonds. The normalized spacial score (nSPS) is 16.1. The van der Waals surface area contributed by atoms with Gasteiger partial charge in [-0.3, -0.25) is 9.88 Å². The van der Waals surface area contributed by atoms with Crippen molar-refractivity contribution >= 4 is 6.03 Å². The molecule has 0 saturated carbocycles. The lowest BCUT2D eigenvalue weighted by atomic mass is 10.1. The van der Waals surface area contributed by atoms with E-state index in [1.807, 2.05) is 44.2 Å². The molecule has 1 saturated heterocycles. The number of hydrogen-bond donors (Lipinski definition) is 1. The first-order valence-corrected chi connectivity index (χ1v) is 9.48. The van der Waals surface area contributed by atoms with Crippen molar-refractivity contribution in [3.63, 3.8) is 0 Å². The maximum atomic E-state index is 12.7. The van der Waals surface area contributed by atoms with Gasteiger partial charge in [-0.2, -0.15) is 0 Å². The minimum atomic E-state index is -0.0965. The molecule has 146 valence electrons. The predicted octanol–water partition coefficient (Wildman–Crippen LogP) is 2.59. The summed E-state index contributed by atoms with van der Waals surface area (Å²) in [6, 6.07) is 9.66. The molecular formula is C20H28N4O3. The summed E-state index contributed by atoms with van der Waals surface area (Å²) in [7, 11) is 0. The second-order valence-corrected chi connectivity index (χ2v) is 6.63. The van der Waals surface area contributed by atoms with Gasteiger partial charge in [0.05, 0.1) is 31.5 Å². The first kappa shape index (κ1) is 19.4. The quantitative estimate of drug-likeness (QED) is 0.809. The number of nitrogens with one attached hydrogen (secondary N) is 1. The zero-order valence-electron chi connectivity index (χ0n) is 16.1. The van der Waals surface area contributed by atoms with Crippen molar-refractivity contribution in [3.05, 3.63) is 53.7 Å². The standard InChI is InChI=1S/C20H28N4O3/c1-3-23(15-17-8-7-16(2)27-17)20(25)22-14-19(18-6-4-5-9-21-18)24-10-12-26-13-11-24/h4-9,19H,3,10-15H2,1-2H3,(H,22,25). The monoisotopic (exact) mass is 372 g/mol. The molecule has 1 aliphatic heterocycles. The van der Waals surface area contributed by atoms with Crippen molar-refractivity contribution in [2.75, 3.05) is 39.4 Å². The number of hydrogen-bond acceptors (Lipinski definition) is 5. The zero-order chi connectivity index (χ0) is 19.1. The van der Waals surface area contributed by atoms with Gasteiger partial charge in [0, 0.05) is 32.4 Å². The van der Waals surface area contributed by atoms with E-state index in [1.54, 1.807) is 11.1 Å². The van der Waals surface area contributed by atoms with Gasteiger partial charge in [-0.1, -0.05) is 6.07 Å². The number of aromatic nitrogens is 1. The molecule has 1 N–H and O–H groups in total. The number of furan rings is 1. The number of rotatable bonds is 7. The SMILES string of the molecule is CCN(Cc1ccc(C)o1)C(=O)NCC(c1ccccn1)N1CCOCC1. The largest absolute Gasteiger partial charge is 0.464 e. The van der Waals surface area contributed by atoms with Gasteiger partial charge in [-0.25, -0.2) is 4.79 Å². The van der Waals surface area contributed by atoms with Crippen molar-refractivity contribution in [1.29, 1.82) is 0 Å². The summed E-state index contributed by atoms with van der Waals surface area (Å²) in [6.45, 7) is 8.52. The van der Waals surface area contributed by atoms with E-state index < -0.39 is 0 Å². The number of pyridine rings is 1. The predicted molar refractivity (Wildman–Crippen MR) is 102 cm³/mol. The van der Waals surface area contributed by atoms with Crippen LogP contribution in [0.5, 0.6) is 0 Å². The van der Waals surface area contributed by atoms with E-state index in [2.05, 4.69) is 15.2 Å². The Morgan fingerprint density at radius 1 is 1.30 bits per heavy atom. The fraction of sp³-hybridized carbons (Fsp3) is 0.500. The third-order valence-corrected chi connectivity index (χ3v) is 4.77. The first-order chi connectivity index (χ1) is 13.2. The fourth-order valence-electron chi connectivity index (χ4n) is 3.26. The Hall–Kier alpha value is -2.38. The van der Waals surface area contributed by atoms with E-state index in [0.29, 0.717) is 32.8 Å². The third-order valence-electron chi connectivity index (χ3n) is 4.77. The minimum absolute atomic E-state index is 0.0311. The van der Waals surface area contributed by atoms with Gasteiger partial charge >= 0.3 is 6.03 Å². The van der Waals surface area contributed by atoms with Crippen LogP contribution in [0.15, 0.2) is 40.9 Å². The lowest BCUT2D eigenvalue weighted by Gasteiger charge is -2.34. The summed E-state index contributed by atoms with van der Waals surface area (Å²) in [5.74, 6) is 1.64. The van der Waals surface area contributed by atoms with Gasteiger partial charge in [-0.05, 0) is 38.1 Å². The van der Waals surface area contributed by atoms with E-state index in [0.717, 1.165) is 30.3 Å². The molecule has 3 heterocycles. The van der Waals surface area contributed by atoms with Gasteiger partial charge in [-0.15, -0.1) is 0 Å². The number of carbonyl (C=O) groups is 1. The molecule has 7 heteroatoms. The van der Waals surface area contributed by atoms with Crippen LogP contribution in [0.3, 0.4) is 0 Å². The lowest BCUT2D eigenvalue weighted by Crippen LogP contribution is -2.46. The highest BCUT2D eigenvalue weighted by Gasteiger charge is 2.25. The topological polar surface area (TPSA) is 70.8 Å². The summed E-state index contributed by atoms with van der Waals surface area (Å²) >= 11 is 0. The smallest absolute Gasteiger partial charge is 0.317 e. The van der Waals surface area contributed by atoms with Crippen LogP contribution >= 0.6 is 0 Å². The van der Waals surface area contributed by atoms with E-state index >= 15 is 0 Å². The number of carbonyl (C=O) groups excluding carboxylic acids is 1. The van der Waals surface area contributed by atoms with E-state index in [-0.39, 0.29) is 12.1 Å². The average molecular weight is 372 g/mol.